The highest BCUT2D eigenvalue weighted by Crippen LogP contribution is 2.23. The molecule has 0 spiro atoms. The van der Waals surface area contributed by atoms with E-state index in [0.29, 0.717) is 12.1 Å². The molecule has 0 bridgehead atoms. The lowest BCUT2D eigenvalue weighted by Gasteiger charge is -2.12. The molecule has 1 unspecified atom stereocenters. The van der Waals surface area contributed by atoms with Crippen LogP contribution in [0.15, 0.2) is 36.4 Å². The van der Waals surface area contributed by atoms with Gasteiger partial charge in [-0.15, -0.1) is 0 Å². The quantitative estimate of drug-likeness (QED) is 0.633. The van der Waals surface area contributed by atoms with Crippen LogP contribution < -0.4 is 0 Å². The molecule has 0 amide bonds. The predicted octanol–water partition coefficient (Wildman–Crippen LogP) is 3.98. The van der Waals surface area contributed by atoms with Gasteiger partial charge >= 0.3 is 0 Å². The van der Waals surface area contributed by atoms with Gasteiger partial charge in [-0.1, -0.05) is 12.1 Å². The maximum Gasteiger partial charge on any atom is 0.161 e. The Balaban J connectivity index is 2.22. The van der Waals surface area contributed by atoms with Crippen LogP contribution in [-0.2, 0) is 6.42 Å². The van der Waals surface area contributed by atoms with Gasteiger partial charge in [-0.25, -0.2) is 13.2 Å². The highest BCUT2D eigenvalue weighted by Gasteiger charge is 2.17. The zero-order chi connectivity index (χ0) is 14.0. The van der Waals surface area contributed by atoms with Gasteiger partial charge in [0.2, 0.25) is 0 Å². The minimum atomic E-state index is -1.26. The van der Waals surface area contributed by atoms with Crippen LogP contribution in [0.5, 0.6) is 0 Å². The second-order valence-corrected chi connectivity index (χ2v) is 5.38. The molecule has 0 heterocycles. The van der Waals surface area contributed by atoms with Crippen molar-refractivity contribution in [3.05, 3.63) is 68.5 Å². The Kier molecular flexibility index (Phi) is 4.46. The van der Waals surface area contributed by atoms with Crippen LogP contribution in [0.3, 0.4) is 0 Å². The van der Waals surface area contributed by atoms with Crippen LogP contribution >= 0.6 is 22.6 Å². The topological polar surface area (TPSA) is 20.2 Å². The molecule has 0 aliphatic carbocycles. The molecule has 1 atom stereocenters. The van der Waals surface area contributed by atoms with Crippen molar-refractivity contribution in [1.29, 1.82) is 0 Å². The third-order valence-corrected chi connectivity index (χ3v) is 3.46. The minimum absolute atomic E-state index is 0.138. The van der Waals surface area contributed by atoms with Crippen LogP contribution in [0.4, 0.5) is 13.2 Å². The van der Waals surface area contributed by atoms with Crippen LogP contribution in [-0.4, -0.2) is 5.11 Å². The highest BCUT2D eigenvalue weighted by molar-refractivity contribution is 14.1. The molecule has 0 fully saturated rings. The monoisotopic (exact) mass is 378 g/mol. The zero-order valence-corrected chi connectivity index (χ0v) is 11.9. The van der Waals surface area contributed by atoms with Crippen molar-refractivity contribution in [3.8, 4) is 0 Å². The van der Waals surface area contributed by atoms with Crippen molar-refractivity contribution in [1.82, 2.24) is 0 Å². The van der Waals surface area contributed by atoms with Gasteiger partial charge in [0.05, 0.1) is 6.10 Å². The molecule has 0 radical (unpaired) electrons. The Bertz CT molecular complexity index is 584. The second-order valence-electron chi connectivity index (χ2n) is 4.13. The number of hydrogen-bond donors (Lipinski definition) is 1. The lowest BCUT2D eigenvalue weighted by molar-refractivity contribution is 0.172. The first-order valence-corrected chi connectivity index (χ1v) is 6.62. The van der Waals surface area contributed by atoms with E-state index in [9.17, 15) is 18.3 Å². The molecule has 0 aliphatic rings. The van der Waals surface area contributed by atoms with Gasteiger partial charge in [0, 0.05) is 21.6 Å². The van der Waals surface area contributed by atoms with Crippen LogP contribution in [0.1, 0.15) is 17.2 Å². The van der Waals surface area contributed by atoms with E-state index >= 15 is 0 Å². The summed E-state index contributed by atoms with van der Waals surface area (Å²) in [5, 5.41) is 9.91. The smallest absolute Gasteiger partial charge is 0.161 e. The van der Waals surface area contributed by atoms with E-state index < -0.39 is 23.6 Å². The molecule has 1 N–H and O–H groups in total. The largest absolute Gasteiger partial charge is 0.388 e. The molecule has 100 valence electrons. The summed E-state index contributed by atoms with van der Waals surface area (Å²) in [5.41, 5.74) is 0.550. The fourth-order valence-corrected chi connectivity index (χ4v) is 2.11. The fraction of sp³-hybridized carbons (Fsp3) is 0.143. The molecule has 2 aromatic rings. The van der Waals surface area contributed by atoms with E-state index in [1.54, 1.807) is 12.1 Å². The molecular formula is C14H10F3IO. The van der Waals surface area contributed by atoms with E-state index in [4.69, 9.17) is 0 Å². The molecule has 1 nitrogen and oxygen atoms in total. The summed E-state index contributed by atoms with van der Waals surface area (Å²) in [7, 11) is 0. The summed E-state index contributed by atoms with van der Waals surface area (Å²) in [6, 6.07) is 8.43. The van der Waals surface area contributed by atoms with E-state index in [-0.39, 0.29) is 12.0 Å². The molecule has 2 aromatic carbocycles. The average molecular weight is 378 g/mol. The molecule has 5 heteroatoms. The van der Waals surface area contributed by atoms with Crippen molar-refractivity contribution in [3.63, 3.8) is 0 Å². The fourth-order valence-electron chi connectivity index (χ4n) is 1.75. The molecular weight excluding hydrogens is 368 g/mol. The zero-order valence-electron chi connectivity index (χ0n) is 9.71. The Morgan fingerprint density at radius 3 is 2.16 bits per heavy atom. The second kappa shape index (κ2) is 5.92. The Morgan fingerprint density at radius 1 is 0.947 bits per heavy atom. The normalized spacial score (nSPS) is 12.5. The number of rotatable bonds is 3. The first-order chi connectivity index (χ1) is 8.97. The first kappa shape index (κ1) is 14.3. The SMILES string of the molecule is OC(Cc1ccc(I)cc1)c1cc(F)c(F)cc1F. The maximum absolute atomic E-state index is 13.5. The van der Waals surface area contributed by atoms with Gasteiger partial charge in [-0.3, -0.25) is 0 Å². The van der Waals surface area contributed by atoms with Crippen molar-refractivity contribution >= 4 is 22.6 Å². The number of halogens is 4. The molecule has 0 aromatic heterocycles. The Labute approximate surface area is 122 Å². The van der Waals surface area contributed by atoms with Crippen LogP contribution in [0.25, 0.3) is 0 Å². The lowest BCUT2D eigenvalue weighted by Crippen LogP contribution is -2.06. The van der Waals surface area contributed by atoms with E-state index in [2.05, 4.69) is 22.6 Å². The van der Waals surface area contributed by atoms with Crippen molar-refractivity contribution in [2.75, 3.05) is 0 Å². The molecule has 2 rings (SSSR count). The maximum atomic E-state index is 13.5. The molecule has 19 heavy (non-hydrogen) atoms. The predicted molar refractivity (Wildman–Crippen MR) is 74.1 cm³/mol. The van der Waals surface area contributed by atoms with Gasteiger partial charge in [0.25, 0.3) is 0 Å². The van der Waals surface area contributed by atoms with Crippen molar-refractivity contribution in [2.24, 2.45) is 0 Å². The van der Waals surface area contributed by atoms with Gasteiger partial charge < -0.3 is 5.11 Å². The Hall–Kier alpha value is -1.08. The summed E-state index contributed by atoms with van der Waals surface area (Å²) < 4.78 is 40.4. The number of aliphatic hydroxyl groups excluding tert-OH is 1. The van der Waals surface area contributed by atoms with E-state index in [1.807, 2.05) is 12.1 Å². The van der Waals surface area contributed by atoms with Gasteiger partial charge in [0.1, 0.15) is 5.82 Å². The number of hydrogen-bond acceptors (Lipinski definition) is 1. The molecule has 0 aliphatic heterocycles. The minimum Gasteiger partial charge on any atom is -0.388 e. The molecule has 0 saturated heterocycles. The first-order valence-electron chi connectivity index (χ1n) is 5.54. The summed E-state index contributed by atoms with van der Waals surface area (Å²) in [5.74, 6) is -3.38. The van der Waals surface area contributed by atoms with Gasteiger partial charge in [0.15, 0.2) is 11.6 Å². The highest BCUT2D eigenvalue weighted by atomic mass is 127. The lowest BCUT2D eigenvalue weighted by atomic mass is 10.0. The van der Waals surface area contributed by atoms with Crippen molar-refractivity contribution in [2.45, 2.75) is 12.5 Å². The number of aliphatic hydroxyl groups is 1. The van der Waals surface area contributed by atoms with Crippen LogP contribution in [0.2, 0.25) is 0 Å². The summed E-state index contributed by atoms with van der Waals surface area (Å²) in [6.45, 7) is 0. The van der Waals surface area contributed by atoms with E-state index in [1.165, 1.54) is 0 Å². The Morgan fingerprint density at radius 2 is 1.53 bits per heavy atom. The third kappa shape index (κ3) is 3.48. The van der Waals surface area contributed by atoms with Crippen LogP contribution in [0, 0.1) is 21.0 Å². The van der Waals surface area contributed by atoms with E-state index in [0.717, 1.165) is 9.13 Å². The summed E-state index contributed by atoms with van der Waals surface area (Å²) in [4.78, 5) is 0. The summed E-state index contributed by atoms with van der Waals surface area (Å²) in [6.07, 6.45) is -1.08. The standard InChI is InChI=1S/C14H10F3IO/c15-11-7-13(17)12(16)6-10(11)14(19)5-8-1-3-9(18)4-2-8/h1-4,6-7,14,19H,5H2. The summed E-state index contributed by atoms with van der Waals surface area (Å²) >= 11 is 2.14. The van der Waals surface area contributed by atoms with Gasteiger partial charge in [-0.2, -0.15) is 0 Å². The number of benzene rings is 2. The third-order valence-electron chi connectivity index (χ3n) is 2.74. The van der Waals surface area contributed by atoms with Crippen molar-refractivity contribution < 1.29 is 18.3 Å². The average Bonchev–Trinajstić information content (AvgIpc) is 2.36. The molecule has 0 saturated carbocycles. The van der Waals surface area contributed by atoms with Gasteiger partial charge in [-0.05, 0) is 46.4 Å².